The summed E-state index contributed by atoms with van der Waals surface area (Å²) in [6.45, 7) is 4.12. The number of aromatic hydroxyl groups is 1. The Hall–Kier alpha value is -4.47. The van der Waals surface area contributed by atoms with E-state index in [1.54, 1.807) is 56.3 Å². The normalized spacial score (nSPS) is 28.9. The molecule has 4 amide bonds. The average molecular weight is 615 g/mol. The monoisotopic (exact) mass is 614 g/mol. The molecule has 2 aliphatic heterocycles. The second kappa shape index (κ2) is 11.8. The van der Waals surface area contributed by atoms with Crippen molar-refractivity contribution in [2.75, 3.05) is 18.1 Å². The molecule has 2 saturated heterocycles. The number of rotatable bonds is 10. The highest BCUT2D eigenvalue weighted by molar-refractivity contribution is 6.24. The van der Waals surface area contributed by atoms with E-state index in [0.29, 0.717) is 43.5 Å². The van der Waals surface area contributed by atoms with E-state index in [-0.39, 0.29) is 54.5 Å². The van der Waals surface area contributed by atoms with Crippen LogP contribution >= 0.6 is 0 Å². The number of likely N-dealkylation sites (tertiary alicyclic amines) is 1. The van der Waals surface area contributed by atoms with Crippen molar-refractivity contribution in [3.8, 4) is 11.5 Å². The molecule has 2 aromatic carbocycles. The third-order valence-corrected chi connectivity index (χ3v) is 10.3. The molecular weight excluding hydrogens is 576 g/mol. The van der Waals surface area contributed by atoms with Crippen molar-refractivity contribution in [1.82, 2.24) is 4.90 Å². The SMILES string of the molecule is CCOc1cccc(C2C3=CCC4C(=O)N(CCCCCC(=O)O)C(=O)C4C3CC3C(=O)N(c4ccccc4)C(=O)C32C)c1O. The van der Waals surface area contributed by atoms with Gasteiger partial charge in [0.1, 0.15) is 0 Å². The van der Waals surface area contributed by atoms with Crippen LogP contribution in [0.2, 0.25) is 0 Å². The van der Waals surface area contributed by atoms with Crippen LogP contribution in [0.25, 0.3) is 0 Å². The number of carboxylic acids is 1. The molecule has 4 aliphatic rings. The topological polar surface area (TPSA) is 142 Å². The van der Waals surface area contributed by atoms with E-state index in [2.05, 4.69) is 0 Å². The van der Waals surface area contributed by atoms with Crippen molar-refractivity contribution >= 4 is 35.3 Å². The molecule has 1 saturated carbocycles. The van der Waals surface area contributed by atoms with Crippen molar-refractivity contribution in [3.05, 3.63) is 65.7 Å². The van der Waals surface area contributed by atoms with Gasteiger partial charge in [-0.25, -0.2) is 4.90 Å². The van der Waals surface area contributed by atoms with Crippen molar-refractivity contribution < 1.29 is 38.9 Å². The van der Waals surface area contributed by atoms with Gasteiger partial charge in [-0.15, -0.1) is 0 Å². The van der Waals surface area contributed by atoms with Crippen LogP contribution in [0.1, 0.15) is 63.9 Å². The molecule has 0 aromatic heterocycles. The number of benzene rings is 2. The van der Waals surface area contributed by atoms with Crippen LogP contribution in [0.3, 0.4) is 0 Å². The molecule has 2 N–H and O–H groups in total. The van der Waals surface area contributed by atoms with E-state index in [0.717, 1.165) is 5.57 Å². The first-order chi connectivity index (χ1) is 21.6. The number of amides is 4. The second-order valence-corrected chi connectivity index (χ2v) is 12.7. The van der Waals surface area contributed by atoms with E-state index in [1.807, 2.05) is 12.1 Å². The summed E-state index contributed by atoms with van der Waals surface area (Å²) in [5.41, 5.74) is 0.440. The number of phenols is 1. The Morgan fingerprint density at radius 1 is 0.956 bits per heavy atom. The van der Waals surface area contributed by atoms with E-state index < -0.39 is 41.0 Å². The van der Waals surface area contributed by atoms with Gasteiger partial charge in [0.15, 0.2) is 11.5 Å². The maximum absolute atomic E-state index is 14.5. The van der Waals surface area contributed by atoms with Gasteiger partial charge < -0.3 is 14.9 Å². The molecule has 0 spiro atoms. The minimum absolute atomic E-state index is 0.0358. The molecule has 10 nitrogen and oxygen atoms in total. The largest absolute Gasteiger partial charge is 0.504 e. The Balaban J connectivity index is 1.41. The highest BCUT2D eigenvalue weighted by Gasteiger charge is 2.67. The number of ether oxygens (including phenoxy) is 1. The summed E-state index contributed by atoms with van der Waals surface area (Å²) in [5.74, 6) is -5.24. The smallest absolute Gasteiger partial charge is 0.303 e. The van der Waals surface area contributed by atoms with Gasteiger partial charge in [0.2, 0.25) is 23.6 Å². The lowest BCUT2D eigenvalue weighted by atomic mass is 9.51. The van der Waals surface area contributed by atoms with Crippen LogP contribution in [0.4, 0.5) is 5.69 Å². The van der Waals surface area contributed by atoms with Gasteiger partial charge in [-0.3, -0.25) is 28.9 Å². The lowest BCUT2D eigenvalue weighted by Gasteiger charge is -2.49. The first-order valence-electron chi connectivity index (χ1n) is 15.8. The minimum atomic E-state index is -1.26. The summed E-state index contributed by atoms with van der Waals surface area (Å²) in [7, 11) is 0. The van der Waals surface area contributed by atoms with Gasteiger partial charge in [0.25, 0.3) is 0 Å². The number of carbonyl (C=O) groups excluding carboxylic acids is 4. The molecule has 6 rings (SSSR count). The van der Waals surface area contributed by atoms with E-state index >= 15 is 0 Å². The summed E-state index contributed by atoms with van der Waals surface area (Å²) >= 11 is 0. The van der Waals surface area contributed by atoms with E-state index in [1.165, 1.54) is 9.80 Å². The Kier molecular flexibility index (Phi) is 8.01. The number of unbranched alkanes of at least 4 members (excludes halogenated alkanes) is 2. The van der Waals surface area contributed by atoms with Crippen LogP contribution in [-0.4, -0.2) is 57.9 Å². The third kappa shape index (κ3) is 4.82. The molecule has 2 aromatic rings. The number of phenolic OH excluding ortho intramolecular Hbond substituents is 1. The van der Waals surface area contributed by atoms with Gasteiger partial charge in [-0.05, 0) is 63.6 Å². The zero-order chi connectivity index (χ0) is 32.0. The zero-order valence-electron chi connectivity index (χ0n) is 25.5. The molecule has 236 valence electrons. The maximum atomic E-state index is 14.5. The lowest BCUT2D eigenvalue weighted by Crippen LogP contribution is -2.48. The quantitative estimate of drug-likeness (QED) is 0.224. The van der Waals surface area contributed by atoms with Gasteiger partial charge in [-0.2, -0.15) is 0 Å². The fraction of sp³-hybridized carbons (Fsp3) is 0.457. The summed E-state index contributed by atoms with van der Waals surface area (Å²) in [6, 6.07) is 13.9. The Bertz CT molecular complexity index is 1590. The number of para-hydroxylation sites is 2. The Morgan fingerprint density at radius 2 is 1.71 bits per heavy atom. The van der Waals surface area contributed by atoms with E-state index in [4.69, 9.17) is 9.84 Å². The van der Waals surface area contributed by atoms with Crippen molar-refractivity contribution in [3.63, 3.8) is 0 Å². The molecule has 6 atom stereocenters. The predicted molar refractivity (Wildman–Crippen MR) is 163 cm³/mol. The fourth-order valence-electron chi connectivity index (χ4n) is 8.24. The number of aliphatic carboxylic acids is 1. The van der Waals surface area contributed by atoms with Gasteiger partial charge in [-0.1, -0.05) is 48.4 Å². The average Bonchev–Trinajstić information content (AvgIpc) is 3.38. The number of allylic oxidation sites excluding steroid dienone is 2. The summed E-state index contributed by atoms with van der Waals surface area (Å²) in [6.07, 6.45) is 4.08. The molecule has 0 bridgehead atoms. The highest BCUT2D eigenvalue weighted by Crippen LogP contribution is 2.64. The fourth-order valence-corrected chi connectivity index (χ4v) is 8.24. The molecule has 0 radical (unpaired) electrons. The van der Waals surface area contributed by atoms with Gasteiger partial charge >= 0.3 is 5.97 Å². The summed E-state index contributed by atoms with van der Waals surface area (Å²) in [4.78, 5) is 69.6. The van der Waals surface area contributed by atoms with E-state index in [9.17, 15) is 29.1 Å². The molecule has 6 unspecified atom stereocenters. The van der Waals surface area contributed by atoms with Crippen LogP contribution < -0.4 is 9.64 Å². The number of anilines is 1. The number of fused-ring (bicyclic) bond motifs is 4. The second-order valence-electron chi connectivity index (χ2n) is 12.7. The van der Waals surface area contributed by atoms with Crippen molar-refractivity contribution in [1.29, 1.82) is 0 Å². The summed E-state index contributed by atoms with van der Waals surface area (Å²) in [5, 5.41) is 20.4. The number of nitrogens with zero attached hydrogens (tertiary/aromatic N) is 2. The maximum Gasteiger partial charge on any atom is 0.303 e. The van der Waals surface area contributed by atoms with Crippen molar-refractivity contribution in [2.45, 2.75) is 58.3 Å². The number of carboxylic acid groups (broad SMARTS) is 1. The highest BCUT2D eigenvalue weighted by atomic mass is 16.5. The molecule has 2 heterocycles. The van der Waals surface area contributed by atoms with Crippen LogP contribution in [0.15, 0.2) is 60.2 Å². The minimum Gasteiger partial charge on any atom is -0.504 e. The number of hydrogen-bond acceptors (Lipinski definition) is 7. The van der Waals surface area contributed by atoms with Crippen LogP contribution in [-0.2, 0) is 24.0 Å². The first-order valence-corrected chi connectivity index (χ1v) is 15.8. The molecule has 10 heteroatoms. The van der Waals surface area contributed by atoms with Crippen LogP contribution in [0, 0.1) is 29.1 Å². The molecule has 45 heavy (non-hydrogen) atoms. The lowest BCUT2D eigenvalue weighted by molar-refractivity contribution is -0.141. The molecule has 3 fully saturated rings. The number of carbonyl (C=O) groups is 5. The van der Waals surface area contributed by atoms with Crippen molar-refractivity contribution in [2.24, 2.45) is 29.1 Å². The van der Waals surface area contributed by atoms with Gasteiger partial charge in [0.05, 0.1) is 35.5 Å². The molecule has 2 aliphatic carbocycles. The third-order valence-electron chi connectivity index (χ3n) is 10.3. The first kappa shape index (κ1) is 30.6. The number of imide groups is 2. The van der Waals surface area contributed by atoms with Gasteiger partial charge in [0, 0.05) is 24.4 Å². The summed E-state index contributed by atoms with van der Waals surface area (Å²) < 4.78 is 5.70. The predicted octanol–water partition coefficient (Wildman–Crippen LogP) is 4.67. The van der Waals surface area contributed by atoms with Crippen LogP contribution in [0.5, 0.6) is 11.5 Å². The number of hydrogen-bond donors (Lipinski definition) is 2. The Morgan fingerprint density at radius 3 is 2.42 bits per heavy atom. The standard InChI is InChI=1S/C35H38N2O8/c1-3-45-26-14-10-13-23(30(26)40)29-21-16-17-22-28(33(43)36(31(22)41)18-9-5-8-15-27(38)39)24(21)19-25-32(42)37(34(44)35(25,29)2)20-11-6-4-7-12-20/h4,6-7,10-14,16,22,24-25,28-29,40H,3,5,8-9,15,17-19H2,1-2H3,(H,38,39). The zero-order valence-corrected chi connectivity index (χ0v) is 25.5. The molecular formula is C35H38N2O8. The Labute approximate surface area is 261 Å².